The van der Waals surface area contributed by atoms with Crippen LogP contribution < -0.4 is 0 Å². The smallest absolute Gasteiger partial charge is 0.166 e. The van der Waals surface area contributed by atoms with Gasteiger partial charge in [-0.25, -0.2) is 0 Å². The molecule has 1 aromatic heterocycles. The average Bonchev–Trinajstić information content (AvgIpc) is 3.41. The third kappa shape index (κ3) is 8.88. The van der Waals surface area contributed by atoms with Crippen molar-refractivity contribution in [2.24, 2.45) is 17.8 Å². The van der Waals surface area contributed by atoms with Gasteiger partial charge in [0, 0.05) is 43.1 Å². The maximum atomic E-state index is 13.2. The van der Waals surface area contributed by atoms with Crippen molar-refractivity contribution >= 4 is 5.78 Å². The Hall–Kier alpha value is -1.92. The van der Waals surface area contributed by atoms with E-state index >= 15 is 0 Å². The summed E-state index contributed by atoms with van der Waals surface area (Å²) in [5, 5.41) is 4.22. The topological polar surface area (TPSA) is 70.8 Å². The highest BCUT2D eigenvalue weighted by atomic mass is 16.7. The second kappa shape index (κ2) is 15.4. The van der Waals surface area contributed by atoms with Crippen LogP contribution in [0.4, 0.5) is 0 Å². The molecule has 1 aromatic rings. The highest BCUT2D eigenvalue weighted by molar-refractivity contribution is 6.00. The number of carbonyl (C=O) groups excluding carboxylic acids is 1. The number of allylic oxidation sites excluding steroid dienone is 4. The van der Waals surface area contributed by atoms with Gasteiger partial charge in [-0.1, -0.05) is 44.5 Å². The van der Waals surface area contributed by atoms with Crippen molar-refractivity contribution in [3.05, 3.63) is 41.0 Å². The number of aryl methyl sites for hydroxylation is 1. The molecule has 1 saturated heterocycles. The number of ether oxygens (including phenoxy) is 3. The Kier molecular flexibility index (Phi) is 12.2. The number of hydrogen-bond donors (Lipinski definition) is 0. The van der Waals surface area contributed by atoms with Gasteiger partial charge < -0.3 is 18.7 Å². The first-order valence-corrected chi connectivity index (χ1v) is 14.2. The molecule has 1 aliphatic carbocycles. The Bertz CT molecular complexity index is 849. The molecule has 3 atom stereocenters. The van der Waals surface area contributed by atoms with Gasteiger partial charge in [-0.3, -0.25) is 4.79 Å². The number of hydrogen-bond acceptors (Lipinski definition) is 6. The molecule has 3 rings (SSSR count). The summed E-state index contributed by atoms with van der Waals surface area (Å²) in [6.45, 7) is 10.6. The molecule has 6 heteroatoms. The summed E-state index contributed by atoms with van der Waals surface area (Å²) in [6, 6.07) is 2.03. The zero-order valence-corrected chi connectivity index (χ0v) is 22.9. The maximum Gasteiger partial charge on any atom is 0.166 e. The lowest BCUT2D eigenvalue weighted by molar-refractivity contribution is -0.162. The number of carbonyl (C=O) groups is 1. The largest absolute Gasteiger partial charge is 0.497 e. The molecular formula is C30H47NO5. The van der Waals surface area contributed by atoms with Gasteiger partial charge >= 0.3 is 0 Å². The predicted octanol–water partition coefficient (Wildman–Crippen LogP) is 6.98. The molecule has 0 amide bonds. The van der Waals surface area contributed by atoms with Crippen molar-refractivity contribution in [2.45, 2.75) is 105 Å². The van der Waals surface area contributed by atoms with Gasteiger partial charge in [0.2, 0.25) is 0 Å². The molecule has 0 bridgehead atoms. The maximum absolute atomic E-state index is 13.2. The second-order valence-corrected chi connectivity index (χ2v) is 10.7. The SMILES string of the molecule is CCCCc1cc(C[C@@H]2C(=O)C(C)=C(OCC(C)C)[C@H]2C/C=C\CCCCOC2CCCCO2)on1. The summed E-state index contributed by atoms with van der Waals surface area (Å²) in [5.74, 6) is 2.15. The molecule has 0 N–H and O–H groups in total. The predicted molar refractivity (Wildman–Crippen MR) is 141 cm³/mol. The lowest BCUT2D eigenvalue weighted by Crippen LogP contribution is -2.22. The van der Waals surface area contributed by atoms with E-state index in [1.165, 1.54) is 6.42 Å². The van der Waals surface area contributed by atoms with Crippen LogP contribution in [0, 0.1) is 17.8 Å². The molecular weight excluding hydrogens is 454 g/mol. The van der Waals surface area contributed by atoms with Gasteiger partial charge in [0.1, 0.15) is 11.5 Å². The lowest BCUT2D eigenvalue weighted by atomic mass is 9.87. The zero-order chi connectivity index (χ0) is 25.8. The third-order valence-corrected chi connectivity index (χ3v) is 7.05. The summed E-state index contributed by atoms with van der Waals surface area (Å²) in [7, 11) is 0. The first-order valence-electron chi connectivity index (χ1n) is 14.2. The Morgan fingerprint density at radius 1 is 1.17 bits per heavy atom. The zero-order valence-electron chi connectivity index (χ0n) is 22.9. The van der Waals surface area contributed by atoms with Gasteiger partial charge in [-0.15, -0.1) is 0 Å². The second-order valence-electron chi connectivity index (χ2n) is 10.7. The number of ketones is 1. The van der Waals surface area contributed by atoms with E-state index < -0.39 is 0 Å². The van der Waals surface area contributed by atoms with Crippen molar-refractivity contribution < 1.29 is 23.5 Å². The molecule has 2 aliphatic rings. The van der Waals surface area contributed by atoms with Crippen molar-refractivity contribution in [1.82, 2.24) is 5.16 Å². The molecule has 1 aliphatic heterocycles. The van der Waals surface area contributed by atoms with Crippen LogP contribution in [-0.2, 0) is 31.8 Å². The van der Waals surface area contributed by atoms with Gasteiger partial charge in [0.15, 0.2) is 12.1 Å². The monoisotopic (exact) mass is 501 g/mol. The normalized spacial score (nSPS) is 22.9. The van der Waals surface area contributed by atoms with Crippen LogP contribution in [-0.4, -0.2) is 37.1 Å². The molecule has 202 valence electrons. The minimum Gasteiger partial charge on any atom is -0.497 e. The van der Waals surface area contributed by atoms with Crippen molar-refractivity contribution in [3.8, 4) is 0 Å². The first-order chi connectivity index (χ1) is 17.5. The van der Waals surface area contributed by atoms with Crippen molar-refractivity contribution in [3.63, 3.8) is 0 Å². The van der Waals surface area contributed by atoms with E-state index in [9.17, 15) is 4.79 Å². The van der Waals surface area contributed by atoms with Crippen molar-refractivity contribution in [2.75, 3.05) is 19.8 Å². The average molecular weight is 502 g/mol. The van der Waals surface area contributed by atoms with Crippen LogP contribution in [0.25, 0.3) is 0 Å². The molecule has 1 unspecified atom stereocenters. The van der Waals surface area contributed by atoms with E-state index in [1.807, 2.05) is 13.0 Å². The highest BCUT2D eigenvalue weighted by Gasteiger charge is 2.41. The van der Waals surface area contributed by atoms with Crippen LogP contribution in [0.1, 0.15) is 96.9 Å². The molecule has 2 heterocycles. The molecule has 0 saturated carbocycles. The number of Topliss-reactive ketones (excluding diaryl/α,β-unsaturated/α-hetero) is 1. The Morgan fingerprint density at radius 2 is 2.03 bits per heavy atom. The van der Waals surface area contributed by atoms with Gasteiger partial charge in [-0.05, 0) is 70.6 Å². The fraction of sp³-hybridized carbons (Fsp3) is 0.733. The van der Waals surface area contributed by atoms with Crippen molar-refractivity contribution in [1.29, 1.82) is 0 Å². The number of aromatic nitrogens is 1. The van der Waals surface area contributed by atoms with E-state index in [2.05, 4.69) is 38.1 Å². The fourth-order valence-corrected chi connectivity index (χ4v) is 4.95. The minimum absolute atomic E-state index is 0.00231. The summed E-state index contributed by atoms with van der Waals surface area (Å²) in [6.07, 6.45) is 15.5. The van der Waals surface area contributed by atoms with Crippen LogP contribution in [0.5, 0.6) is 0 Å². The summed E-state index contributed by atoms with van der Waals surface area (Å²) in [5.41, 5.74) is 1.75. The molecule has 36 heavy (non-hydrogen) atoms. The Morgan fingerprint density at radius 3 is 2.78 bits per heavy atom. The number of nitrogens with zero attached hydrogens (tertiary/aromatic N) is 1. The molecule has 0 radical (unpaired) electrons. The summed E-state index contributed by atoms with van der Waals surface area (Å²) in [4.78, 5) is 13.2. The molecule has 1 fully saturated rings. The Balaban J connectivity index is 1.52. The standard InChI is InChI=1S/C30H47NO5/c1-5-6-14-24-19-25(36-31-24)20-27-26(30(23(4)29(27)32)35-21-22(2)3)15-10-8-7-9-12-17-33-28-16-11-13-18-34-28/h8,10,19,22,26-28H,5-7,9,11-18,20-21H2,1-4H3/b10-8-/t26-,27-,28?/m0/s1. The van der Waals surface area contributed by atoms with Crippen LogP contribution in [0.15, 0.2) is 34.1 Å². The van der Waals surface area contributed by atoms with Gasteiger partial charge in [-0.2, -0.15) is 0 Å². The van der Waals surface area contributed by atoms with E-state index in [0.29, 0.717) is 18.9 Å². The summed E-state index contributed by atoms with van der Waals surface area (Å²) >= 11 is 0. The quantitative estimate of drug-likeness (QED) is 0.180. The fourth-order valence-electron chi connectivity index (χ4n) is 4.95. The molecule has 6 nitrogen and oxygen atoms in total. The van der Waals surface area contributed by atoms with Gasteiger partial charge in [0.25, 0.3) is 0 Å². The van der Waals surface area contributed by atoms with Crippen LogP contribution in [0.2, 0.25) is 0 Å². The van der Waals surface area contributed by atoms with E-state index in [4.69, 9.17) is 18.7 Å². The highest BCUT2D eigenvalue weighted by Crippen LogP contribution is 2.40. The van der Waals surface area contributed by atoms with Crippen LogP contribution in [0.3, 0.4) is 0 Å². The molecule has 0 aromatic carbocycles. The minimum atomic E-state index is -0.160. The first kappa shape index (κ1) is 28.6. The lowest BCUT2D eigenvalue weighted by Gasteiger charge is -2.22. The third-order valence-electron chi connectivity index (χ3n) is 7.05. The number of unbranched alkanes of at least 4 members (excludes halogenated alkanes) is 3. The summed E-state index contributed by atoms with van der Waals surface area (Å²) < 4.78 is 23.3. The molecule has 0 spiro atoms. The van der Waals surface area contributed by atoms with E-state index in [1.54, 1.807) is 0 Å². The van der Waals surface area contributed by atoms with Gasteiger partial charge in [0.05, 0.1) is 12.3 Å². The van der Waals surface area contributed by atoms with Crippen LogP contribution >= 0.6 is 0 Å². The number of rotatable bonds is 16. The Labute approximate surface area is 217 Å². The van der Waals surface area contributed by atoms with E-state index in [-0.39, 0.29) is 23.9 Å². The van der Waals surface area contributed by atoms with E-state index in [0.717, 1.165) is 93.8 Å².